The van der Waals surface area contributed by atoms with Gasteiger partial charge in [0.25, 0.3) is 15.9 Å². The van der Waals surface area contributed by atoms with E-state index in [1.165, 1.54) is 24.3 Å². The number of amides is 1. The molecule has 0 saturated carbocycles. The second-order valence-corrected chi connectivity index (χ2v) is 10.9. The van der Waals surface area contributed by atoms with Crippen LogP contribution in [0.4, 0.5) is 5.69 Å². The number of nitrogens with zero attached hydrogens (tertiary/aromatic N) is 1. The second kappa shape index (κ2) is 10.8. The first kappa shape index (κ1) is 26.0. The molecule has 0 bridgehead atoms. The van der Waals surface area contributed by atoms with Gasteiger partial charge in [0.15, 0.2) is 0 Å². The third-order valence-corrected chi connectivity index (χ3v) is 7.20. The number of benzene rings is 2. The third-order valence-electron chi connectivity index (χ3n) is 5.80. The van der Waals surface area contributed by atoms with Crippen LogP contribution in [0, 0.1) is 0 Å². The minimum absolute atomic E-state index is 0.0783. The Labute approximate surface area is 202 Å². The predicted molar refractivity (Wildman–Crippen MR) is 133 cm³/mol. The first-order valence-corrected chi connectivity index (χ1v) is 13.0. The Morgan fingerprint density at radius 3 is 2.21 bits per heavy atom. The summed E-state index contributed by atoms with van der Waals surface area (Å²) in [7, 11) is -3.78. The SMILES string of the molecule is CCOc1ccc(NS(=O)(=O)c2ccc(C(=O)NCC(C)(C)N3C[C@@H](C)O[C@H](C)C3)cc2)cc1. The van der Waals surface area contributed by atoms with Crippen molar-refractivity contribution in [2.24, 2.45) is 0 Å². The van der Waals surface area contributed by atoms with E-state index >= 15 is 0 Å². The van der Waals surface area contributed by atoms with Crippen molar-refractivity contribution in [1.82, 2.24) is 10.2 Å². The summed E-state index contributed by atoms with van der Waals surface area (Å²) in [6, 6.07) is 12.6. The van der Waals surface area contributed by atoms with Crippen LogP contribution < -0.4 is 14.8 Å². The summed E-state index contributed by atoms with van der Waals surface area (Å²) >= 11 is 0. The largest absolute Gasteiger partial charge is 0.494 e. The van der Waals surface area contributed by atoms with E-state index in [2.05, 4.69) is 42.6 Å². The quantitative estimate of drug-likeness (QED) is 0.560. The van der Waals surface area contributed by atoms with E-state index in [-0.39, 0.29) is 28.5 Å². The van der Waals surface area contributed by atoms with Gasteiger partial charge >= 0.3 is 0 Å². The van der Waals surface area contributed by atoms with E-state index in [4.69, 9.17) is 9.47 Å². The fraction of sp³-hybridized carbons (Fsp3) is 0.480. The van der Waals surface area contributed by atoms with Gasteiger partial charge in [0, 0.05) is 36.4 Å². The fourth-order valence-electron chi connectivity index (χ4n) is 3.97. The second-order valence-electron chi connectivity index (χ2n) is 9.24. The zero-order valence-corrected chi connectivity index (χ0v) is 21.3. The van der Waals surface area contributed by atoms with Crippen LogP contribution in [0.5, 0.6) is 5.75 Å². The number of morpholine rings is 1. The molecule has 0 spiro atoms. The molecular formula is C25H35N3O5S. The van der Waals surface area contributed by atoms with Crippen LogP contribution in [0.15, 0.2) is 53.4 Å². The van der Waals surface area contributed by atoms with Crippen LogP contribution in [-0.2, 0) is 14.8 Å². The summed E-state index contributed by atoms with van der Waals surface area (Å²) in [5.74, 6) is 0.424. The molecule has 2 aromatic carbocycles. The maximum Gasteiger partial charge on any atom is 0.261 e. The minimum Gasteiger partial charge on any atom is -0.494 e. The number of hydrogen-bond donors (Lipinski definition) is 2. The molecule has 0 aliphatic carbocycles. The molecule has 9 heteroatoms. The monoisotopic (exact) mass is 489 g/mol. The van der Waals surface area contributed by atoms with Gasteiger partial charge in [-0.25, -0.2) is 8.42 Å². The van der Waals surface area contributed by atoms with Crippen LogP contribution in [0.2, 0.25) is 0 Å². The molecule has 1 fully saturated rings. The fourth-order valence-corrected chi connectivity index (χ4v) is 5.03. The lowest BCUT2D eigenvalue weighted by molar-refractivity contribution is -0.0948. The summed E-state index contributed by atoms with van der Waals surface area (Å²) in [6.07, 6.45) is 0.286. The van der Waals surface area contributed by atoms with Crippen molar-refractivity contribution in [1.29, 1.82) is 0 Å². The van der Waals surface area contributed by atoms with Crippen LogP contribution >= 0.6 is 0 Å². The van der Waals surface area contributed by atoms with Gasteiger partial charge in [0.2, 0.25) is 0 Å². The van der Waals surface area contributed by atoms with E-state index in [0.717, 1.165) is 13.1 Å². The highest BCUT2D eigenvalue weighted by molar-refractivity contribution is 7.92. The Morgan fingerprint density at radius 1 is 1.06 bits per heavy atom. The summed E-state index contributed by atoms with van der Waals surface area (Å²) < 4.78 is 39.2. The Morgan fingerprint density at radius 2 is 1.65 bits per heavy atom. The normalized spacial score (nSPS) is 19.4. The first-order valence-electron chi connectivity index (χ1n) is 11.5. The van der Waals surface area contributed by atoms with Gasteiger partial charge in [0.05, 0.1) is 23.7 Å². The number of anilines is 1. The van der Waals surface area contributed by atoms with Gasteiger partial charge in [0.1, 0.15) is 5.75 Å². The summed E-state index contributed by atoms with van der Waals surface area (Å²) in [5.41, 5.74) is 0.589. The number of hydrogen-bond acceptors (Lipinski definition) is 6. The number of sulfonamides is 1. The lowest BCUT2D eigenvalue weighted by atomic mass is 10.00. The maximum absolute atomic E-state index is 12.7. The number of carbonyl (C=O) groups is 1. The van der Waals surface area contributed by atoms with Crippen LogP contribution in [0.25, 0.3) is 0 Å². The van der Waals surface area contributed by atoms with E-state index in [1.807, 2.05) is 6.92 Å². The number of ether oxygens (including phenoxy) is 2. The molecule has 1 aliphatic rings. The van der Waals surface area contributed by atoms with Crippen molar-refractivity contribution >= 4 is 21.6 Å². The maximum atomic E-state index is 12.7. The highest BCUT2D eigenvalue weighted by Gasteiger charge is 2.33. The molecule has 2 aromatic rings. The summed E-state index contributed by atoms with van der Waals surface area (Å²) in [5, 5.41) is 2.98. The predicted octanol–water partition coefficient (Wildman–Crippen LogP) is 3.50. The molecule has 2 atom stereocenters. The van der Waals surface area contributed by atoms with E-state index < -0.39 is 10.0 Å². The van der Waals surface area contributed by atoms with Gasteiger partial charge in [-0.1, -0.05) is 0 Å². The molecule has 1 aliphatic heterocycles. The van der Waals surface area contributed by atoms with Crippen molar-refractivity contribution < 1.29 is 22.7 Å². The van der Waals surface area contributed by atoms with Crippen molar-refractivity contribution in [3.05, 3.63) is 54.1 Å². The zero-order valence-electron chi connectivity index (χ0n) is 20.5. The van der Waals surface area contributed by atoms with Gasteiger partial charge in [-0.2, -0.15) is 0 Å². The Hall–Kier alpha value is -2.62. The molecule has 3 rings (SSSR count). The Balaban J connectivity index is 1.60. The van der Waals surface area contributed by atoms with Crippen LogP contribution in [0.3, 0.4) is 0 Å². The van der Waals surface area contributed by atoms with E-state index in [1.54, 1.807) is 24.3 Å². The molecule has 186 valence electrons. The smallest absolute Gasteiger partial charge is 0.261 e. The minimum atomic E-state index is -3.78. The molecule has 1 amide bonds. The van der Waals surface area contributed by atoms with Gasteiger partial charge in [-0.05, 0) is 83.1 Å². The molecule has 0 unspecified atom stereocenters. The summed E-state index contributed by atoms with van der Waals surface area (Å²) in [6.45, 7) is 12.8. The lowest BCUT2D eigenvalue weighted by Crippen LogP contribution is -2.58. The molecule has 8 nitrogen and oxygen atoms in total. The number of carbonyl (C=O) groups excluding carboxylic acids is 1. The van der Waals surface area contributed by atoms with Crippen LogP contribution in [0.1, 0.15) is 45.0 Å². The van der Waals surface area contributed by atoms with E-state index in [0.29, 0.717) is 30.2 Å². The third kappa shape index (κ3) is 6.71. The molecular weight excluding hydrogens is 454 g/mol. The Kier molecular flexibility index (Phi) is 8.22. The van der Waals surface area contributed by atoms with Gasteiger partial charge in [-0.3, -0.25) is 14.4 Å². The molecule has 0 aromatic heterocycles. The molecule has 1 heterocycles. The topological polar surface area (TPSA) is 97.0 Å². The van der Waals surface area contributed by atoms with Crippen molar-refractivity contribution in [3.8, 4) is 5.75 Å². The zero-order chi connectivity index (χ0) is 24.9. The number of rotatable bonds is 9. The highest BCUT2D eigenvalue weighted by Crippen LogP contribution is 2.22. The van der Waals surface area contributed by atoms with Crippen molar-refractivity contribution in [2.45, 2.75) is 57.3 Å². The average molecular weight is 490 g/mol. The van der Waals surface area contributed by atoms with Gasteiger partial charge in [-0.15, -0.1) is 0 Å². The summed E-state index contributed by atoms with van der Waals surface area (Å²) in [4.78, 5) is 15.1. The Bertz CT molecular complexity index is 1060. The standard InChI is InChI=1S/C25H35N3O5S/c1-6-32-22-11-9-21(10-12-22)27-34(30,31)23-13-7-20(8-14-23)24(29)26-17-25(4,5)28-15-18(2)33-19(3)16-28/h7-14,18-19,27H,6,15-17H2,1-5H3,(H,26,29)/t18-,19-/m1/s1. The van der Waals surface area contributed by atoms with Crippen LogP contribution in [-0.4, -0.2) is 63.2 Å². The number of nitrogens with one attached hydrogen (secondary N) is 2. The lowest BCUT2D eigenvalue weighted by Gasteiger charge is -2.45. The highest BCUT2D eigenvalue weighted by atomic mass is 32.2. The van der Waals surface area contributed by atoms with Gasteiger partial charge < -0.3 is 14.8 Å². The van der Waals surface area contributed by atoms with Crippen molar-refractivity contribution in [3.63, 3.8) is 0 Å². The van der Waals surface area contributed by atoms with E-state index in [9.17, 15) is 13.2 Å². The first-order chi connectivity index (χ1) is 16.0. The average Bonchev–Trinajstić information content (AvgIpc) is 2.78. The molecule has 34 heavy (non-hydrogen) atoms. The van der Waals surface area contributed by atoms with Crippen molar-refractivity contribution in [2.75, 3.05) is 31.0 Å². The molecule has 1 saturated heterocycles. The molecule has 2 N–H and O–H groups in total. The molecule has 0 radical (unpaired) electrons.